The van der Waals surface area contributed by atoms with Gasteiger partial charge in [-0.2, -0.15) is 5.10 Å². The Morgan fingerprint density at radius 2 is 1.76 bits per heavy atom. The van der Waals surface area contributed by atoms with Gasteiger partial charge in [0.1, 0.15) is 5.82 Å². The maximum absolute atomic E-state index is 12.7. The van der Waals surface area contributed by atoms with Crippen molar-refractivity contribution in [2.75, 3.05) is 45.1 Å². The van der Waals surface area contributed by atoms with Gasteiger partial charge in [-0.15, -0.1) is 0 Å². The highest BCUT2D eigenvalue weighted by molar-refractivity contribution is 5.98. The monoisotopic (exact) mass is 398 g/mol. The van der Waals surface area contributed by atoms with E-state index < -0.39 is 0 Å². The third-order valence-corrected chi connectivity index (χ3v) is 5.63. The zero-order valence-corrected chi connectivity index (χ0v) is 16.6. The highest BCUT2D eigenvalue weighted by atomic mass is 16.5. The zero-order valence-electron chi connectivity index (χ0n) is 16.6. The molecule has 2 aromatic heterocycles. The summed E-state index contributed by atoms with van der Waals surface area (Å²) < 4.78 is 6.93. The fourth-order valence-electron chi connectivity index (χ4n) is 3.93. The summed E-state index contributed by atoms with van der Waals surface area (Å²) in [7, 11) is 1.80. The van der Waals surface area contributed by atoms with Crippen molar-refractivity contribution in [3.8, 4) is 0 Å². The molecule has 0 aliphatic carbocycles. The van der Waals surface area contributed by atoms with Gasteiger partial charge in [-0.25, -0.2) is 4.98 Å². The van der Waals surface area contributed by atoms with Gasteiger partial charge in [0.25, 0.3) is 11.8 Å². The smallest absolute Gasteiger partial charge is 0.257 e. The van der Waals surface area contributed by atoms with Gasteiger partial charge < -0.3 is 20.3 Å². The van der Waals surface area contributed by atoms with E-state index >= 15 is 0 Å². The van der Waals surface area contributed by atoms with Crippen molar-refractivity contribution >= 4 is 17.6 Å². The van der Waals surface area contributed by atoms with E-state index in [0.29, 0.717) is 50.5 Å². The number of nitrogen functional groups attached to an aromatic ring is 1. The van der Waals surface area contributed by atoms with Crippen molar-refractivity contribution in [3.05, 3.63) is 41.3 Å². The summed E-state index contributed by atoms with van der Waals surface area (Å²) in [6, 6.07) is 3.68. The molecule has 2 amide bonds. The lowest BCUT2D eigenvalue weighted by Gasteiger charge is -2.32. The van der Waals surface area contributed by atoms with E-state index in [2.05, 4.69) is 10.1 Å². The van der Waals surface area contributed by atoms with E-state index in [1.54, 1.807) is 35.1 Å². The van der Waals surface area contributed by atoms with Crippen LogP contribution < -0.4 is 5.73 Å². The number of ether oxygens (including phenoxy) is 1. The van der Waals surface area contributed by atoms with Crippen LogP contribution in [0.2, 0.25) is 0 Å². The number of aryl methyl sites for hydroxylation is 1. The third kappa shape index (κ3) is 4.09. The first-order valence-corrected chi connectivity index (χ1v) is 9.94. The summed E-state index contributed by atoms with van der Waals surface area (Å²) in [5.74, 6) is 0.410. The number of hydrogen-bond donors (Lipinski definition) is 1. The Hall–Kier alpha value is -2.94. The van der Waals surface area contributed by atoms with Crippen LogP contribution in [0.4, 0.5) is 5.82 Å². The quantitative estimate of drug-likeness (QED) is 0.823. The zero-order chi connectivity index (χ0) is 20.4. The highest BCUT2D eigenvalue weighted by Crippen LogP contribution is 2.29. The van der Waals surface area contributed by atoms with Crippen LogP contribution >= 0.6 is 0 Å². The number of aromatic nitrogens is 3. The fourth-order valence-corrected chi connectivity index (χ4v) is 3.93. The lowest BCUT2D eigenvalue weighted by Crippen LogP contribution is -2.41. The Morgan fingerprint density at radius 3 is 2.38 bits per heavy atom. The number of hydrogen-bond acceptors (Lipinski definition) is 6. The number of anilines is 1. The Balaban J connectivity index is 1.39. The van der Waals surface area contributed by atoms with Gasteiger partial charge in [-0.3, -0.25) is 14.3 Å². The van der Waals surface area contributed by atoms with Crippen LogP contribution in [0, 0.1) is 0 Å². The number of amides is 2. The molecule has 2 aliphatic heterocycles. The summed E-state index contributed by atoms with van der Waals surface area (Å²) in [5, 5.41) is 4.07. The van der Waals surface area contributed by atoms with Crippen LogP contribution in [0.1, 0.15) is 45.2 Å². The number of morpholine rings is 1. The number of rotatable bonds is 3. The predicted octanol–water partition coefficient (Wildman–Crippen LogP) is 0.890. The molecule has 2 aliphatic rings. The molecule has 0 bridgehead atoms. The predicted molar refractivity (Wildman–Crippen MR) is 106 cm³/mol. The van der Waals surface area contributed by atoms with E-state index in [0.717, 1.165) is 18.5 Å². The first-order chi connectivity index (χ1) is 14.0. The molecule has 154 valence electrons. The average molecular weight is 398 g/mol. The number of carbonyl (C=O) groups excluding carboxylic acids is 2. The normalized spacial score (nSPS) is 18.1. The molecule has 0 unspecified atom stereocenters. The van der Waals surface area contributed by atoms with Crippen molar-refractivity contribution in [1.82, 2.24) is 24.6 Å². The standard InChI is InChI=1S/C20H26N6O3/c1-24-13-15(12-22-24)19(27)25-6-4-14(5-7-25)17-3-2-16(18(21)23-17)20(28)26-8-10-29-11-9-26/h2-3,12-14H,4-11H2,1H3,(H2,21,23). The lowest BCUT2D eigenvalue weighted by atomic mass is 9.92. The summed E-state index contributed by atoms with van der Waals surface area (Å²) in [6.45, 7) is 3.57. The van der Waals surface area contributed by atoms with Crippen LogP contribution in [0.15, 0.2) is 24.5 Å². The van der Waals surface area contributed by atoms with Crippen LogP contribution in [0.3, 0.4) is 0 Å². The second-order valence-electron chi connectivity index (χ2n) is 7.54. The molecule has 0 saturated carbocycles. The number of nitrogens with zero attached hydrogens (tertiary/aromatic N) is 5. The summed E-state index contributed by atoms with van der Waals surface area (Å²) in [6.07, 6.45) is 4.96. The van der Waals surface area contributed by atoms with Gasteiger partial charge >= 0.3 is 0 Å². The molecule has 0 radical (unpaired) electrons. The van der Waals surface area contributed by atoms with Gasteiger partial charge in [-0.1, -0.05) is 0 Å². The molecular formula is C20H26N6O3. The summed E-state index contributed by atoms with van der Waals surface area (Å²) in [5.41, 5.74) is 8.06. The first-order valence-electron chi connectivity index (χ1n) is 9.94. The largest absolute Gasteiger partial charge is 0.383 e. The third-order valence-electron chi connectivity index (χ3n) is 5.63. The van der Waals surface area contributed by atoms with Crippen LogP contribution in [0.5, 0.6) is 0 Å². The van der Waals surface area contributed by atoms with Crippen molar-refractivity contribution in [2.24, 2.45) is 7.05 Å². The lowest BCUT2D eigenvalue weighted by molar-refractivity contribution is 0.0303. The maximum Gasteiger partial charge on any atom is 0.257 e. The molecule has 9 nitrogen and oxygen atoms in total. The molecular weight excluding hydrogens is 372 g/mol. The number of nitrogens with two attached hydrogens (primary N) is 1. The maximum atomic E-state index is 12.7. The van der Waals surface area contributed by atoms with Gasteiger partial charge in [0.2, 0.25) is 0 Å². The Bertz CT molecular complexity index is 897. The molecule has 0 atom stereocenters. The van der Waals surface area contributed by atoms with Gasteiger partial charge in [0.05, 0.1) is 30.5 Å². The van der Waals surface area contributed by atoms with Gasteiger partial charge in [0, 0.05) is 51.0 Å². The minimum absolute atomic E-state index is 0.00970. The molecule has 2 N–H and O–H groups in total. The van der Waals surface area contributed by atoms with Crippen LogP contribution in [-0.4, -0.2) is 75.8 Å². The van der Waals surface area contributed by atoms with E-state index in [4.69, 9.17) is 10.5 Å². The first kappa shape index (κ1) is 19.4. The Kier molecular flexibility index (Phi) is 5.48. The second kappa shape index (κ2) is 8.20. The molecule has 2 saturated heterocycles. The Morgan fingerprint density at radius 1 is 1.07 bits per heavy atom. The molecule has 4 heterocycles. The van der Waals surface area contributed by atoms with E-state index in [9.17, 15) is 9.59 Å². The minimum Gasteiger partial charge on any atom is -0.383 e. The summed E-state index contributed by atoms with van der Waals surface area (Å²) >= 11 is 0. The summed E-state index contributed by atoms with van der Waals surface area (Å²) in [4.78, 5) is 33.4. The molecule has 0 aromatic carbocycles. The fraction of sp³-hybridized carbons (Fsp3) is 0.500. The minimum atomic E-state index is -0.0956. The van der Waals surface area contributed by atoms with Crippen molar-refractivity contribution in [2.45, 2.75) is 18.8 Å². The number of piperidine rings is 1. The van der Waals surface area contributed by atoms with E-state index in [1.165, 1.54) is 0 Å². The molecule has 0 spiro atoms. The van der Waals surface area contributed by atoms with E-state index in [1.807, 2.05) is 11.0 Å². The highest BCUT2D eigenvalue weighted by Gasteiger charge is 2.27. The number of pyridine rings is 1. The average Bonchev–Trinajstić information content (AvgIpc) is 3.20. The SMILES string of the molecule is Cn1cc(C(=O)N2CCC(c3ccc(C(=O)N4CCOCC4)c(N)n3)CC2)cn1. The number of carbonyl (C=O) groups is 2. The number of likely N-dealkylation sites (tertiary alicyclic amines) is 1. The molecule has 4 rings (SSSR count). The van der Waals surface area contributed by atoms with E-state index in [-0.39, 0.29) is 23.6 Å². The molecule has 2 fully saturated rings. The second-order valence-corrected chi connectivity index (χ2v) is 7.54. The van der Waals surface area contributed by atoms with Crippen LogP contribution in [0.25, 0.3) is 0 Å². The van der Waals surface area contributed by atoms with Crippen molar-refractivity contribution in [3.63, 3.8) is 0 Å². The van der Waals surface area contributed by atoms with Crippen molar-refractivity contribution < 1.29 is 14.3 Å². The van der Waals surface area contributed by atoms with Crippen molar-refractivity contribution in [1.29, 1.82) is 0 Å². The Labute approximate surface area is 169 Å². The van der Waals surface area contributed by atoms with Crippen LogP contribution in [-0.2, 0) is 11.8 Å². The topological polar surface area (TPSA) is 107 Å². The molecule has 2 aromatic rings. The van der Waals surface area contributed by atoms with Gasteiger partial charge in [-0.05, 0) is 25.0 Å². The molecule has 29 heavy (non-hydrogen) atoms. The molecule has 9 heteroatoms. The van der Waals surface area contributed by atoms with Gasteiger partial charge in [0.15, 0.2) is 0 Å².